The van der Waals surface area contributed by atoms with Gasteiger partial charge in [0, 0.05) is 0 Å². The predicted octanol–water partition coefficient (Wildman–Crippen LogP) is 2.89. The molecule has 0 spiro atoms. The van der Waals surface area contributed by atoms with E-state index in [1.807, 2.05) is 24.3 Å². The Bertz CT molecular complexity index is 518. The highest BCUT2D eigenvalue weighted by molar-refractivity contribution is 5.75. The van der Waals surface area contributed by atoms with Crippen molar-refractivity contribution in [1.82, 2.24) is 4.98 Å². The van der Waals surface area contributed by atoms with Crippen LogP contribution in [0.4, 0.5) is 0 Å². The van der Waals surface area contributed by atoms with Crippen molar-refractivity contribution >= 4 is 11.1 Å². The maximum Gasteiger partial charge on any atom is 0.263 e. The fourth-order valence-corrected chi connectivity index (χ4v) is 1.33. The summed E-state index contributed by atoms with van der Waals surface area (Å²) in [6.07, 6.45) is 2.60. The van der Waals surface area contributed by atoms with E-state index in [4.69, 9.17) is 8.83 Å². The largest absolute Gasteiger partial charge is 0.448 e. The molecule has 0 amide bonds. The fourth-order valence-electron chi connectivity index (χ4n) is 1.33. The van der Waals surface area contributed by atoms with E-state index in [0.29, 0.717) is 11.7 Å². The minimum Gasteiger partial charge on any atom is -0.448 e. The molecule has 3 heteroatoms. The molecule has 3 rings (SSSR count). The van der Waals surface area contributed by atoms with Crippen LogP contribution in [0.25, 0.3) is 22.8 Å². The quantitative estimate of drug-likeness (QED) is 0.583. The Morgan fingerprint density at radius 1 is 1.14 bits per heavy atom. The molecule has 2 aromatic heterocycles. The fraction of sp³-hybridized carbons (Fsp3) is 0. The lowest BCUT2D eigenvalue weighted by molar-refractivity contribution is 0.529. The molecule has 0 saturated heterocycles. The molecule has 1 aromatic carbocycles. The zero-order valence-corrected chi connectivity index (χ0v) is 7.23. The first-order valence-electron chi connectivity index (χ1n) is 4.25. The van der Waals surface area contributed by atoms with Gasteiger partial charge in [0.25, 0.3) is 5.89 Å². The monoisotopic (exact) mass is 184 g/mol. The van der Waals surface area contributed by atoms with Gasteiger partial charge in [-0.2, -0.15) is 0 Å². The molecule has 67 valence electrons. The van der Waals surface area contributed by atoms with Crippen LogP contribution in [-0.4, -0.2) is 4.98 Å². The van der Waals surface area contributed by atoms with E-state index in [1.54, 1.807) is 12.1 Å². The predicted molar refractivity (Wildman–Crippen MR) is 50.5 cm³/mol. The van der Waals surface area contributed by atoms with Gasteiger partial charge in [0.05, 0.1) is 0 Å². The second-order valence-electron chi connectivity index (χ2n) is 2.90. The number of furan rings is 1. The van der Waals surface area contributed by atoms with Gasteiger partial charge in [0.2, 0.25) is 0 Å². The van der Waals surface area contributed by atoms with Crippen LogP contribution in [0.1, 0.15) is 0 Å². The molecule has 0 atom stereocenters. The van der Waals surface area contributed by atoms with Gasteiger partial charge in [-0.1, -0.05) is 12.1 Å². The lowest BCUT2D eigenvalue weighted by Crippen LogP contribution is -1.70. The van der Waals surface area contributed by atoms with Gasteiger partial charge in [0.15, 0.2) is 17.6 Å². The minimum atomic E-state index is 0.493. The van der Waals surface area contributed by atoms with Crippen molar-refractivity contribution < 1.29 is 8.83 Å². The lowest BCUT2D eigenvalue weighted by Gasteiger charge is -1.83. The van der Waals surface area contributed by atoms with E-state index in [2.05, 4.69) is 11.2 Å². The van der Waals surface area contributed by atoms with Gasteiger partial charge >= 0.3 is 0 Å². The summed E-state index contributed by atoms with van der Waals surface area (Å²) < 4.78 is 10.6. The number of aromatic nitrogens is 1. The van der Waals surface area contributed by atoms with Gasteiger partial charge in [-0.15, -0.1) is 0 Å². The third-order valence-electron chi connectivity index (χ3n) is 1.98. The van der Waals surface area contributed by atoms with Crippen LogP contribution in [0.5, 0.6) is 0 Å². The molecule has 14 heavy (non-hydrogen) atoms. The maximum absolute atomic E-state index is 5.49. The molecule has 3 nitrogen and oxygen atoms in total. The van der Waals surface area contributed by atoms with Crippen LogP contribution in [0.15, 0.2) is 45.2 Å². The summed E-state index contributed by atoms with van der Waals surface area (Å²) in [6.45, 7) is 0. The first-order valence-corrected chi connectivity index (χ1v) is 4.25. The number of para-hydroxylation sites is 2. The number of nitrogens with zero attached hydrogens (tertiary/aromatic N) is 1. The molecular weight excluding hydrogens is 178 g/mol. The van der Waals surface area contributed by atoms with Gasteiger partial charge in [-0.25, -0.2) is 4.98 Å². The Balaban J connectivity index is 2.24. The summed E-state index contributed by atoms with van der Waals surface area (Å²) in [6, 6.07) is 11.1. The van der Waals surface area contributed by atoms with Crippen LogP contribution in [-0.2, 0) is 0 Å². The normalized spacial score (nSPS) is 10.9. The molecule has 0 bridgehead atoms. The third-order valence-corrected chi connectivity index (χ3v) is 1.98. The minimum absolute atomic E-state index is 0.493. The topological polar surface area (TPSA) is 39.2 Å². The molecule has 0 aliphatic heterocycles. The number of hydrogen-bond donors (Lipinski definition) is 0. The highest BCUT2D eigenvalue weighted by Crippen LogP contribution is 2.23. The van der Waals surface area contributed by atoms with Gasteiger partial charge in [-0.3, -0.25) is 0 Å². The summed E-state index contributed by atoms with van der Waals surface area (Å²) in [5, 5.41) is 0. The average molecular weight is 184 g/mol. The number of hydrogen-bond acceptors (Lipinski definition) is 3. The second-order valence-corrected chi connectivity index (χ2v) is 2.90. The summed E-state index contributed by atoms with van der Waals surface area (Å²) in [5.41, 5.74) is 1.60. The Kier molecular flexibility index (Phi) is 1.44. The molecular formula is C11H6NO2. The smallest absolute Gasteiger partial charge is 0.263 e. The maximum atomic E-state index is 5.49. The van der Waals surface area contributed by atoms with E-state index >= 15 is 0 Å². The Hall–Kier alpha value is -2.03. The Morgan fingerprint density at radius 2 is 2.07 bits per heavy atom. The zero-order chi connectivity index (χ0) is 9.38. The van der Waals surface area contributed by atoms with Crippen molar-refractivity contribution in [3.05, 3.63) is 42.7 Å². The summed E-state index contributed by atoms with van der Waals surface area (Å²) in [7, 11) is 0. The first-order chi connectivity index (χ1) is 6.93. The number of fused-ring (bicyclic) bond motifs is 1. The number of rotatable bonds is 1. The number of oxazole rings is 1. The molecule has 0 aliphatic carbocycles. The number of benzene rings is 1. The molecule has 0 saturated carbocycles. The standard InChI is InChI=1S/C11H6NO2/c1-2-5-9-8(4-1)12-11(14-9)10-6-3-7-13-10/h1-6H. The SMILES string of the molecule is [c]1ccc(-c2nc3ccccc3o2)o1. The van der Waals surface area contributed by atoms with E-state index in [0.717, 1.165) is 11.1 Å². The van der Waals surface area contributed by atoms with Crippen LogP contribution >= 0.6 is 0 Å². The first kappa shape index (κ1) is 7.38. The Morgan fingerprint density at radius 3 is 2.86 bits per heavy atom. The van der Waals surface area contributed by atoms with Crippen molar-refractivity contribution in [3.8, 4) is 11.7 Å². The molecule has 3 aromatic rings. The Labute approximate surface area is 80.0 Å². The zero-order valence-electron chi connectivity index (χ0n) is 7.23. The molecule has 0 unspecified atom stereocenters. The molecule has 0 fully saturated rings. The molecule has 1 radical (unpaired) electrons. The van der Waals surface area contributed by atoms with Crippen LogP contribution in [0.2, 0.25) is 0 Å². The van der Waals surface area contributed by atoms with Gasteiger partial charge in [-0.05, 0) is 24.3 Å². The van der Waals surface area contributed by atoms with E-state index in [-0.39, 0.29) is 0 Å². The summed E-state index contributed by atoms with van der Waals surface area (Å²) >= 11 is 0. The lowest BCUT2D eigenvalue weighted by atomic mass is 10.3. The van der Waals surface area contributed by atoms with Gasteiger partial charge < -0.3 is 8.83 Å². The summed E-state index contributed by atoms with van der Waals surface area (Å²) in [4.78, 5) is 4.27. The highest BCUT2D eigenvalue weighted by Gasteiger charge is 2.09. The summed E-state index contributed by atoms with van der Waals surface area (Å²) in [5.74, 6) is 1.09. The van der Waals surface area contributed by atoms with Gasteiger partial charge in [0.1, 0.15) is 5.52 Å². The van der Waals surface area contributed by atoms with Crippen LogP contribution in [0, 0.1) is 6.26 Å². The van der Waals surface area contributed by atoms with Crippen LogP contribution in [0.3, 0.4) is 0 Å². The van der Waals surface area contributed by atoms with E-state index in [9.17, 15) is 0 Å². The van der Waals surface area contributed by atoms with Crippen molar-refractivity contribution in [1.29, 1.82) is 0 Å². The average Bonchev–Trinajstić information content (AvgIpc) is 2.86. The van der Waals surface area contributed by atoms with Crippen molar-refractivity contribution in [2.24, 2.45) is 0 Å². The third kappa shape index (κ3) is 1.03. The van der Waals surface area contributed by atoms with E-state index < -0.39 is 0 Å². The highest BCUT2D eigenvalue weighted by atomic mass is 16.4. The van der Waals surface area contributed by atoms with Crippen molar-refractivity contribution in [3.63, 3.8) is 0 Å². The molecule has 2 heterocycles. The van der Waals surface area contributed by atoms with Crippen molar-refractivity contribution in [2.45, 2.75) is 0 Å². The second kappa shape index (κ2) is 2.73. The van der Waals surface area contributed by atoms with Crippen molar-refractivity contribution in [2.75, 3.05) is 0 Å². The molecule has 0 N–H and O–H groups in total. The van der Waals surface area contributed by atoms with E-state index in [1.165, 1.54) is 0 Å². The van der Waals surface area contributed by atoms with Crippen LogP contribution < -0.4 is 0 Å². The molecule has 0 aliphatic rings.